The predicted octanol–water partition coefficient (Wildman–Crippen LogP) is 4.00. The largest absolute Gasteiger partial charge is 0.455 e. The summed E-state index contributed by atoms with van der Waals surface area (Å²) in [6.07, 6.45) is 2.59. The van der Waals surface area contributed by atoms with Crippen molar-refractivity contribution in [2.45, 2.75) is 26.4 Å². The fourth-order valence-electron chi connectivity index (χ4n) is 3.53. The maximum absolute atomic E-state index is 12.5. The van der Waals surface area contributed by atoms with E-state index in [0.29, 0.717) is 18.2 Å². The number of ether oxygens (including phenoxy) is 1. The van der Waals surface area contributed by atoms with Crippen molar-refractivity contribution >= 4 is 17.6 Å². The number of para-hydroxylation sites is 1. The maximum atomic E-state index is 12.5. The molecular weight excluding hydrogens is 368 g/mol. The van der Waals surface area contributed by atoms with Crippen molar-refractivity contribution < 1.29 is 18.7 Å². The van der Waals surface area contributed by atoms with E-state index in [9.17, 15) is 9.59 Å². The van der Waals surface area contributed by atoms with Crippen molar-refractivity contribution in [3.05, 3.63) is 72.2 Å². The lowest BCUT2D eigenvalue weighted by atomic mass is 10.1. The first-order valence-corrected chi connectivity index (χ1v) is 9.70. The quantitative estimate of drug-likeness (QED) is 0.595. The number of amides is 1. The van der Waals surface area contributed by atoms with Crippen molar-refractivity contribution in [1.82, 2.24) is 4.98 Å². The molecule has 0 radical (unpaired) electrons. The molecule has 6 heteroatoms. The van der Waals surface area contributed by atoms with Crippen LogP contribution in [0.25, 0.3) is 11.3 Å². The first-order valence-electron chi connectivity index (χ1n) is 9.70. The van der Waals surface area contributed by atoms with Crippen molar-refractivity contribution in [2.75, 3.05) is 11.4 Å². The Morgan fingerprint density at radius 1 is 1.17 bits per heavy atom. The minimum atomic E-state index is -0.490. The Balaban J connectivity index is 1.37. The fraction of sp³-hybridized carbons (Fsp3) is 0.261. The van der Waals surface area contributed by atoms with Crippen LogP contribution in [0.4, 0.5) is 5.69 Å². The Labute approximate surface area is 169 Å². The lowest BCUT2D eigenvalue weighted by Gasteiger charge is -2.19. The van der Waals surface area contributed by atoms with Crippen LogP contribution in [0.5, 0.6) is 0 Å². The predicted molar refractivity (Wildman–Crippen MR) is 108 cm³/mol. The molecule has 2 heterocycles. The van der Waals surface area contributed by atoms with Crippen LogP contribution in [0.3, 0.4) is 0 Å². The third kappa shape index (κ3) is 4.06. The second kappa shape index (κ2) is 8.31. The molecule has 29 heavy (non-hydrogen) atoms. The van der Waals surface area contributed by atoms with Gasteiger partial charge >= 0.3 is 5.97 Å². The van der Waals surface area contributed by atoms with Crippen molar-refractivity contribution in [3.63, 3.8) is 0 Å². The number of aryl methyl sites for hydroxylation is 1. The standard InChI is InChI=1S/C23H22N2O4/c1-2-16-8-6-7-11-19(16)25-14-18(12-22(25)26)23(27)28-15-21-24-13-20(29-21)17-9-4-3-5-10-17/h3-11,13,18H,2,12,14-15H2,1H3/t18-/m0/s1. The summed E-state index contributed by atoms with van der Waals surface area (Å²) in [5.41, 5.74) is 2.86. The lowest BCUT2D eigenvalue weighted by Crippen LogP contribution is -2.27. The van der Waals surface area contributed by atoms with Crippen LogP contribution in [0.15, 0.2) is 65.2 Å². The SMILES string of the molecule is CCc1ccccc1N1C[C@@H](C(=O)OCc2ncc(-c3ccccc3)o2)CC1=O. The number of aromatic nitrogens is 1. The third-order valence-corrected chi connectivity index (χ3v) is 5.07. The molecule has 1 aromatic heterocycles. The van der Waals surface area contributed by atoms with E-state index in [0.717, 1.165) is 23.2 Å². The van der Waals surface area contributed by atoms with E-state index in [4.69, 9.17) is 9.15 Å². The van der Waals surface area contributed by atoms with Gasteiger partial charge in [0.2, 0.25) is 11.8 Å². The highest BCUT2D eigenvalue weighted by molar-refractivity contribution is 6.00. The van der Waals surface area contributed by atoms with Gasteiger partial charge in [0.25, 0.3) is 0 Å². The summed E-state index contributed by atoms with van der Waals surface area (Å²) in [7, 11) is 0. The molecule has 0 aliphatic carbocycles. The number of hydrogen-bond donors (Lipinski definition) is 0. The number of carbonyl (C=O) groups excluding carboxylic acids is 2. The van der Waals surface area contributed by atoms with Gasteiger partial charge in [0.05, 0.1) is 12.1 Å². The van der Waals surface area contributed by atoms with Gasteiger partial charge in [-0.05, 0) is 18.1 Å². The van der Waals surface area contributed by atoms with Gasteiger partial charge in [-0.2, -0.15) is 0 Å². The second-order valence-electron chi connectivity index (χ2n) is 6.98. The average molecular weight is 390 g/mol. The van der Waals surface area contributed by atoms with Gasteiger partial charge in [-0.15, -0.1) is 0 Å². The Bertz CT molecular complexity index is 1010. The number of rotatable bonds is 6. The van der Waals surface area contributed by atoms with Gasteiger partial charge in [0, 0.05) is 24.2 Å². The molecule has 1 aliphatic rings. The summed E-state index contributed by atoms with van der Waals surface area (Å²) in [5, 5.41) is 0. The number of anilines is 1. The average Bonchev–Trinajstić information content (AvgIpc) is 3.39. The first kappa shape index (κ1) is 18.9. The van der Waals surface area contributed by atoms with Crippen molar-refractivity contribution in [2.24, 2.45) is 5.92 Å². The van der Waals surface area contributed by atoms with Crippen LogP contribution in [0.1, 0.15) is 24.8 Å². The number of hydrogen-bond acceptors (Lipinski definition) is 5. The zero-order valence-electron chi connectivity index (χ0n) is 16.2. The highest BCUT2D eigenvalue weighted by Gasteiger charge is 2.36. The molecule has 6 nitrogen and oxygen atoms in total. The van der Waals surface area contributed by atoms with E-state index in [1.54, 1.807) is 11.1 Å². The molecule has 1 aliphatic heterocycles. The summed E-state index contributed by atoms with van der Waals surface area (Å²) < 4.78 is 11.0. The molecule has 0 N–H and O–H groups in total. The van der Waals surface area contributed by atoms with Crippen LogP contribution in [0, 0.1) is 5.92 Å². The van der Waals surface area contributed by atoms with Crippen LogP contribution in [-0.2, 0) is 27.4 Å². The van der Waals surface area contributed by atoms with E-state index in [1.807, 2.05) is 61.5 Å². The van der Waals surface area contributed by atoms with Crippen LogP contribution < -0.4 is 4.90 Å². The molecule has 1 amide bonds. The Hall–Kier alpha value is -3.41. The van der Waals surface area contributed by atoms with E-state index in [2.05, 4.69) is 4.98 Å². The molecule has 0 unspecified atom stereocenters. The van der Waals surface area contributed by atoms with Crippen LogP contribution in [-0.4, -0.2) is 23.4 Å². The molecule has 1 saturated heterocycles. The minimum Gasteiger partial charge on any atom is -0.455 e. The number of esters is 1. The summed E-state index contributed by atoms with van der Waals surface area (Å²) in [6, 6.07) is 17.4. The summed E-state index contributed by atoms with van der Waals surface area (Å²) >= 11 is 0. The van der Waals surface area contributed by atoms with Gasteiger partial charge < -0.3 is 14.1 Å². The first-order chi connectivity index (χ1) is 14.2. The molecule has 1 atom stereocenters. The molecular formula is C23H22N2O4. The molecule has 1 fully saturated rings. The van der Waals surface area contributed by atoms with Crippen LogP contribution in [0.2, 0.25) is 0 Å². The second-order valence-corrected chi connectivity index (χ2v) is 6.98. The van der Waals surface area contributed by atoms with Crippen molar-refractivity contribution in [3.8, 4) is 11.3 Å². The smallest absolute Gasteiger partial charge is 0.311 e. The molecule has 0 saturated carbocycles. The molecule has 4 rings (SSSR count). The van der Waals surface area contributed by atoms with Gasteiger partial charge in [0.1, 0.15) is 0 Å². The van der Waals surface area contributed by atoms with E-state index < -0.39 is 11.9 Å². The molecule has 0 spiro atoms. The third-order valence-electron chi connectivity index (χ3n) is 5.07. The van der Waals surface area contributed by atoms with Gasteiger partial charge in [-0.25, -0.2) is 4.98 Å². The van der Waals surface area contributed by atoms with Gasteiger partial charge in [0.15, 0.2) is 12.4 Å². The zero-order valence-corrected chi connectivity index (χ0v) is 16.2. The van der Waals surface area contributed by atoms with Gasteiger partial charge in [-0.1, -0.05) is 55.5 Å². The van der Waals surface area contributed by atoms with E-state index in [1.165, 1.54) is 0 Å². The Morgan fingerprint density at radius 3 is 2.72 bits per heavy atom. The number of carbonyl (C=O) groups is 2. The van der Waals surface area contributed by atoms with E-state index in [-0.39, 0.29) is 18.9 Å². The fourth-order valence-corrected chi connectivity index (χ4v) is 3.53. The number of oxazole rings is 1. The number of benzene rings is 2. The topological polar surface area (TPSA) is 72.6 Å². The lowest BCUT2D eigenvalue weighted by molar-refractivity contribution is -0.150. The highest BCUT2D eigenvalue weighted by Crippen LogP contribution is 2.29. The highest BCUT2D eigenvalue weighted by atomic mass is 16.5. The Kier molecular flexibility index (Phi) is 5.42. The van der Waals surface area contributed by atoms with E-state index >= 15 is 0 Å². The minimum absolute atomic E-state index is 0.0537. The number of nitrogens with zero attached hydrogens (tertiary/aromatic N) is 2. The van der Waals surface area contributed by atoms with Gasteiger partial charge in [-0.3, -0.25) is 9.59 Å². The van der Waals surface area contributed by atoms with Crippen LogP contribution >= 0.6 is 0 Å². The molecule has 3 aromatic rings. The molecule has 2 aromatic carbocycles. The van der Waals surface area contributed by atoms with Crippen molar-refractivity contribution in [1.29, 1.82) is 0 Å². The summed E-state index contributed by atoms with van der Waals surface area (Å²) in [6.45, 7) is 2.32. The normalized spacial score (nSPS) is 16.2. The summed E-state index contributed by atoms with van der Waals surface area (Å²) in [5.74, 6) is -0.00894. The monoisotopic (exact) mass is 390 g/mol. The molecule has 0 bridgehead atoms. The maximum Gasteiger partial charge on any atom is 0.311 e. The zero-order chi connectivity index (χ0) is 20.2. The molecule has 148 valence electrons. The summed E-state index contributed by atoms with van der Waals surface area (Å²) in [4.78, 5) is 30.8. The Morgan fingerprint density at radius 2 is 1.93 bits per heavy atom.